The molecule has 122 valence electrons. The molecular formula is C18H23N3O2. The molecule has 0 atom stereocenters. The molecule has 2 amide bonds. The van der Waals surface area contributed by atoms with Gasteiger partial charge >= 0.3 is 0 Å². The SMILES string of the molecule is O=C(C1CCNCC1)N1CCC2(CC1)C(=O)Nc1ccccc12. The van der Waals surface area contributed by atoms with E-state index in [1.807, 2.05) is 23.1 Å². The molecule has 5 nitrogen and oxygen atoms in total. The molecular weight excluding hydrogens is 290 g/mol. The average molecular weight is 313 g/mol. The van der Waals surface area contributed by atoms with Gasteiger partial charge in [0, 0.05) is 24.7 Å². The van der Waals surface area contributed by atoms with E-state index in [0.29, 0.717) is 13.1 Å². The van der Waals surface area contributed by atoms with Crippen molar-refractivity contribution in [1.29, 1.82) is 0 Å². The summed E-state index contributed by atoms with van der Waals surface area (Å²) in [6.45, 7) is 3.24. The normalized spacial score (nSPS) is 23.7. The van der Waals surface area contributed by atoms with Crippen molar-refractivity contribution < 1.29 is 9.59 Å². The molecule has 5 heteroatoms. The molecule has 2 N–H and O–H groups in total. The second-order valence-corrected chi connectivity index (χ2v) is 6.93. The summed E-state index contributed by atoms with van der Waals surface area (Å²) in [5.41, 5.74) is 1.62. The molecule has 0 bridgehead atoms. The van der Waals surface area contributed by atoms with Gasteiger partial charge in [-0.1, -0.05) is 18.2 Å². The van der Waals surface area contributed by atoms with Gasteiger partial charge in [-0.25, -0.2) is 0 Å². The van der Waals surface area contributed by atoms with Gasteiger partial charge in [0.25, 0.3) is 0 Å². The van der Waals surface area contributed by atoms with Crippen molar-refractivity contribution in [3.05, 3.63) is 29.8 Å². The number of hydrogen-bond donors (Lipinski definition) is 2. The summed E-state index contributed by atoms with van der Waals surface area (Å²) in [6, 6.07) is 7.97. The molecule has 1 aromatic carbocycles. The number of nitrogens with zero attached hydrogens (tertiary/aromatic N) is 1. The first kappa shape index (κ1) is 14.7. The number of benzene rings is 1. The van der Waals surface area contributed by atoms with Gasteiger partial charge in [0.15, 0.2) is 0 Å². The maximum absolute atomic E-state index is 12.7. The second-order valence-electron chi connectivity index (χ2n) is 6.93. The summed E-state index contributed by atoms with van der Waals surface area (Å²) in [5.74, 6) is 0.552. The van der Waals surface area contributed by atoms with Crippen LogP contribution >= 0.6 is 0 Å². The van der Waals surface area contributed by atoms with Gasteiger partial charge in [-0.3, -0.25) is 9.59 Å². The summed E-state index contributed by atoms with van der Waals surface area (Å²) < 4.78 is 0. The zero-order valence-corrected chi connectivity index (χ0v) is 13.3. The van der Waals surface area contributed by atoms with Gasteiger partial charge in [0.05, 0.1) is 5.41 Å². The number of carbonyl (C=O) groups is 2. The Bertz CT molecular complexity index is 629. The van der Waals surface area contributed by atoms with E-state index in [0.717, 1.165) is 50.0 Å². The Morgan fingerprint density at radius 3 is 2.57 bits per heavy atom. The van der Waals surface area contributed by atoms with Gasteiger partial charge in [0.1, 0.15) is 0 Å². The lowest BCUT2D eigenvalue weighted by atomic mass is 9.73. The molecule has 1 spiro atoms. The highest BCUT2D eigenvalue weighted by Gasteiger charge is 2.49. The van der Waals surface area contributed by atoms with Crippen LogP contribution in [-0.4, -0.2) is 42.9 Å². The topological polar surface area (TPSA) is 61.4 Å². The fourth-order valence-corrected chi connectivity index (χ4v) is 4.31. The van der Waals surface area contributed by atoms with Crippen molar-refractivity contribution in [2.75, 3.05) is 31.5 Å². The van der Waals surface area contributed by atoms with Gasteiger partial charge in [-0.05, 0) is 50.4 Å². The monoisotopic (exact) mass is 313 g/mol. The third-order valence-corrected chi connectivity index (χ3v) is 5.74. The Labute approximate surface area is 136 Å². The molecule has 3 aliphatic rings. The lowest BCUT2D eigenvalue weighted by Gasteiger charge is -2.39. The summed E-state index contributed by atoms with van der Waals surface area (Å²) >= 11 is 0. The van der Waals surface area contributed by atoms with Crippen LogP contribution in [0.4, 0.5) is 5.69 Å². The number of nitrogens with one attached hydrogen (secondary N) is 2. The third-order valence-electron chi connectivity index (χ3n) is 5.74. The quantitative estimate of drug-likeness (QED) is 0.826. The van der Waals surface area contributed by atoms with Crippen LogP contribution in [0.25, 0.3) is 0 Å². The molecule has 3 aliphatic heterocycles. The van der Waals surface area contributed by atoms with Gasteiger partial charge in [-0.2, -0.15) is 0 Å². The molecule has 23 heavy (non-hydrogen) atoms. The molecule has 0 saturated carbocycles. The minimum Gasteiger partial charge on any atom is -0.342 e. The van der Waals surface area contributed by atoms with Crippen LogP contribution < -0.4 is 10.6 Å². The Hall–Kier alpha value is -1.88. The van der Waals surface area contributed by atoms with Crippen LogP contribution in [0, 0.1) is 5.92 Å². The summed E-state index contributed by atoms with van der Waals surface area (Å²) in [5, 5.41) is 6.32. The standard InChI is InChI=1S/C18H23N3O2/c22-16(13-5-9-19-10-6-13)21-11-7-18(8-12-21)14-3-1-2-4-15(14)20-17(18)23/h1-4,13,19H,5-12H2,(H,20,23). The molecule has 2 saturated heterocycles. The zero-order chi connectivity index (χ0) is 15.9. The molecule has 0 unspecified atom stereocenters. The van der Waals surface area contributed by atoms with Gasteiger partial charge < -0.3 is 15.5 Å². The van der Waals surface area contributed by atoms with Crippen LogP contribution in [0.2, 0.25) is 0 Å². The predicted octanol–water partition coefficient (Wildman–Crippen LogP) is 1.50. The fraction of sp³-hybridized carbons (Fsp3) is 0.556. The van der Waals surface area contributed by atoms with E-state index in [-0.39, 0.29) is 17.7 Å². The van der Waals surface area contributed by atoms with Crippen molar-refractivity contribution >= 4 is 17.5 Å². The van der Waals surface area contributed by atoms with E-state index in [2.05, 4.69) is 16.7 Å². The first-order valence-corrected chi connectivity index (χ1v) is 8.61. The summed E-state index contributed by atoms with van der Waals surface area (Å²) in [4.78, 5) is 27.2. The highest BCUT2D eigenvalue weighted by molar-refractivity contribution is 6.06. The number of likely N-dealkylation sites (tertiary alicyclic amines) is 1. The van der Waals surface area contributed by atoms with E-state index in [4.69, 9.17) is 0 Å². The van der Waals surface area contributed by atoms with E-state index in [1.54, 1.807) is 0 Å². The number of fused-ring (bicyclic) bond motifs is 2. The van der Waals surface area contributed by atoms with E-state index in [9.17, 15) is 9.59 Å². The fourth-order valence-electron chi connectivity index (χ4n) is 4.31. The number of carbonyl (C=O) groups excluding carboxylic acids is 2. The molecule has 0 aliphatic carbocycles. The lowest BCUT2D eigenvalue weighted by Crippen LogP contribution is -2.50. The number of hydrogen-bond acceptors (Lipinski definition) is 3. The highest BCUT2D eigenvalue weighted by atomic mass is 16.2. The number of para-hydroxylation sites is 1. The highest BCUT2D eigenvalue weighted by Crippen LogP contribution is 2.44. The average Bonchev–Trinajstić information content (AvgIpc) is 2.88. The first-order valence-electron chi connectivity index (χ1n) is 8.61. The van der Waals surface area contributed by atoms with Crippen LogP contribution in [0.3, 0.4) is 0 Å². The molecule has 4 rings (SSSR count). The molecule has 0 radical (unpaired) electrons. The number of piperidine rings is 2. The van der Waals surface area contributed by atoms with Crippen molar-refractivity contribution in [2.45, 2.75) is 31.1 Å². The summed E-state index contributed by atoms with van der Waals surface area (Å²) in [7, 11) is 0. The van der Waals surface area contributed by atoms with Crippen LogP contribution in [0.5, 0.6) is 0 Å². The number of rotatable bonds is 1. The predicted molar refractivity (Wildman–Crippen MR) is 88.2 cm³/mol. The molecule has 0 aromatic heterocycles. The second kappa shape index (κ2) is 5.64. The number of amides is 2. The summed E-state index contributed by atoms with van der Waals surface area (Å²) in [6.07, 6.45) is 3.33. The van der Waals surface area contributed by atoms with Crippen molar-refractivity contribution in [1.82, 2.24) is 10.2 Å². The largest absolute Gasteiger partial charge is 0.342 e. The Morgan fingerprint density at radius 2 is 1.83 bits per heavy atom. The zero-order valence-electron chi connectivity index (χ0n) is 13.3. The molecule has 1 aromatic rings. The maximum atomic E-state index is 12.7. The van der Waals surface area contributed by atoms with E-state index in [1.165, 1.54) is 0 Å². The molecule has 2 fully saturated rings. The minimum atomic E-state index is -0.429. The lowest BCUT2D eigenvalue weighted by molar-refractivity contribution is -0.139. The Balaban J connectivity index is 1.49. The van der Waals surface area contributed by atoms with Crippen molar-refractivity contribution in [3.8, 4) is 0 Å². The van der Waals surface area contributed by atoms with Crippen LogP contribution in [0.15, 0.2) is 24.3 Å². The van der Waals surface area contributed by atoms with Gasteiger partial charge in [0.2, 0.25) is 11.8 Å². The maximum Gasteiger partial charge on any atom is 0.235 e. The smallest absolute Gasteiger partial charge is 0.235 e. The number of anilines is 1. The van der Waals surface area contributed by atoms with Crippen molar-refractivity contribution in [3.63, 3.8) is 0 Å². The van der Waals surface area contributed by atoms with Crippen LogP contribution in [0.1, 0.15) is 31.2 Å². The minimum absolute atomic E-state index is 0.104. The molecule has 3 heterocycles. The Morgan fingerprint density at radius 1 is 1.13 bits per heavy atom. The van der Waals surface area contributed by atoms with Gasteiger partial charge in [-0.15, -0.1) is 0 Å². The van der Waals surface area contributed by atoms with Crippen LogP contribution in [-0.2, 0) is 15.0 Å². The first-order chi connectivity index (χ1) is 11.2. The van der Waals surface area contributed by atoms with E-state index < -0.39 is 5.41 Å². The third kappa shape index (κ3) is 2.34. The van der Waals surface area contributed by atoms with E-state index >= 15 is 0 Å². The Kier molecular flexibility index (Phi) is 3.60. The van der Waals surface area contributed by atoms with Crippen molar-refractivity contribution in [2.24, 2.45) is 5.92 Å².